The summed E-state index contributed by atoms with van der Waals surface area (Å²) < 4.78 is 11.7. The molecular formula is C21H36IN3O2. The quantitative estimate of drug-likeness (QED) is 0.353. The number of rotatable bonds is 7. The van der Waals surface area contributed by atoms with Gasteiger partial charge in [-0.25, -0.2) is 4.99 Å². The summed E-state index contributed by atoms with van der Waals surface area (Å²) >= 11 is 0. The summed E-state index contributed by atoms with van der Waals surface area (Å²) in [6, 6.07) is 8.17. The van der Waals surface area contributed by atoms with Crippen LogP contribution >= 0.6 is 24.0 Å². The summed E-state index contributed by atoms with van der Waals surface area (Å²) in [5.41, 5.74) is 0.897. The average molecular weight is 489 g/mol. The molecule has 5 nitrogen and oxygen atoms in total. The topological polar surface area (TPSA) is 46.1 Å². The van der Waals surface area contributed by atoms with Crippen LogP contribution in [-0.4, -0.2) is 49.3 Å². The zero-order valence-electron chi connectivity index (χ0n) is 17.5. The minimum absolute atomic E-state index is 0. The number of guanidine groups is 1. The number of aliphatic imine (C=N–C) groups is 1. The number of hydrogen-bond donors (Lipinski definition) is 1. The van der Waals surface area contributed by atoms with Crippen LogP contribution in [0.25, 0.3) is 0 Å². The Bertz CT molecular complexity index is 587. The van der Waals surface area contributed by atoms with Crippen LogP contribution in [0.15, 0.2) is 29.3 Å². The van der Waals surface area contributed by atoms with Crippen molar-refractivity contribution in [3.8, 4) is 5.75 Å². The molecule has 1 aliphatic rings. The first-order valence-corrected chi connectivity index (χ1v) is 9.80. The van der Waals surface area contributed by atoms with Crippen LogP contribution in [0.1, 0.15) is 46.6 Å². The van der Waals surface area contributed by atoms with E-state index in [-0.39, 0.29) is 29.6 Å². The predicted octanol–water partition coefficient (Wildman–Crippen LogP) is 4.31. The number of nitrogens with zero attached hydrogens (tertiary/aromatic N) is 2. The second-order valence-electron chi connectivity index (χ2n) is 7.75. The summed E-state index contributed by atoms with van der Waals surface area (Å²) in [7, 11) is 0. The number of benzene rings is 1. The molecule has 1 aromatic carbocycles. The van der Waals surface area contributed by atoms with Crippen molar-refractivity contribution in [1.29, 1.82) is 0 Å². The fourth-order valence-electron chi connectivity index (χ4n) is 3.10. The van der Waals surface area contributed by atoms with Gasteiger partial charge < -0.3 is 19.7 Å². The lowest BCUT2D eigenvalue weighted by atomic mass is 10.1. The molecular weight excluding hydrogens is 453 g/mol. The van der Waals surface area contributed by atoms with Gasteiger partial charge in [-0.2, -0.15) is 0 Å². The molecule has 1 saturated heterocycles. The van der Waals surface area contributed by atoms with Gasteiger partial charge in [0.1, 0.15) is 11.4 Å². The largest absolute Gasteiger partial charge is 0.488 e. The Kier molecular flexibility index (Phi) is 10.4. The van der Waals surface area contributed by atoms with E-state index in [1.54, 1.807) is 0 Å². The highest BCUT2D eigenvalue weighted by molar-refractivity contribution is 14.0. The van der Waals surface area contributed by atoms with Crippen molar-refractivity contribution in [3.05, 3.63) is 29.8 Å². The van der Waals surface area contributed by atoms with Crippen LogP contribution in [0.4, 0.5) is 0 Å². The van der Waals surface area contributed by atoms with E-state index in [0.717, 1.165) is 56.5 Å². The van der Waals surface area contributed by atoms with Gasteiger partial charge in [0.15, 0.2) is 5.96 Å². The van der Waals surface area contributed by atoms with Gasteiger partial charge in [-0.3, -0.25) is 0 Å². The predicted molar refractivity (Wildman–Crippen MR) is 123 cm³/mol. The molecule has 0 bridgehead atoms. The van der Waals surface area contributed by atoms with Crippen LogP contribution in [0.5, 0.6) is 5.75 Å². The molecule has 1 fully saturated rings. The van der Waals surface area contributed by atoms with Gasteiger partial charge in [-0.05, 0) is 47.1 Å². The lowest BCUT2D eigenvalue weighted by Crippen LogP contribution is -2.40. The molecule has 0 spiro atoms. The van der Waals surface area contributed by atoms with Crippen LogP contribution in [0.2, 0.25) is 0 Å². The van der Waals surface area contributed by atoms with Crippen LogP contribution in [0, 0.1) is 5.92 Å². The van der Waals surface area contributed by atoms with E-state index in [1.165, 1.54) is 0 Å². The number of likely N-dealkylation sites (tertiary alicyclic amines) is 1. The van der Waals surface area contributed by atoms with Crippen molar-refractivity contribution >= 4 is 29.9 Å². The summed E-state index contributed by atoms with van der Waals surface area (Å²) in [5, 5.41) is 3.43. The molecule has 0 amide bonds. The molecule has 1 aliphatic heterocycles. The minimum atomic E-state index is -0.217. The molecule has 1 atom stereocenters. The van der Waals surface area contributed by atoms with E-state index in [4.69, 9.17) is 14.5 Å². The van der Waals surface area contributed by atoms with Crippen LogP contribution in [0.3, 0.4) is 0 Å². The molecule has 1 heterocycles. The first-order valence-electron chi connectivity index (χ1n) is 9.80. The van der Waals surface area contributed by atoms with Crippen molar-refractivity contribution in [3.63, 3.8) is 0 Å². The highest BCUT2D eigenvalue weighted by atomic mass is 127. The molecule has 6 heteroatoms. The van der Waals surface area contributed by atoms with Gasteiger partial charge >= 0.3 is 0 Å². The number of hydrogen-bond acceptors (Lipinski definition) is 3. The maximum absolute atomic E-state index is 6.09. The Morgan fingerprint density at radius 3 is 2.67 bits per heavy atom. The zero-order chi connectivity index (χ0) is 19.0. The third-order valence-corrected chi connectivity index (χ3v) is 4.27. The van der Waals surface area contributed by atoms with Crippen LogP contribution in [-0.2, 0) is 11.3 Å². The third kappa shape index (κ3) is 8.25. The maximum atomic E-state index is 6.09. The SMILES string of the molecule is CCNC(=NCc1ccccc1OC(C)(C)C)N1CCC(COCC)C1.I. The molecule has 2 rings (SSSR count). The molecule has 1 N–H and O–H groups in total. The zero-order valence-corrected chi connectivity index (χ0v) is 19.8. The summed E-state index contributed by atoms with van der Waals surface area (Å²) in [5.74, 6) is 2.49. The lowest BCUT2D eigenvalue weighted by Gasteiger charge is -2.24. The fraction of sp³-hybridized carbons (Fsp3) is 0.667. The molecule has 154 valence electrons. The normalized spacial score (nSPS) is 17.6. The molecule has 1 aromatic rings. The van der Waals surface area contributed by atoms with Crippen LogP contribution < -0.4 is 10.1 Å². The van der Waals surface area contributed by atoms with Gasteiger partial charge in [0, 0.05) is 37.7 Å². The minimum Gasteiger partial charge on any atom is -0.488 e. The van der Waals surface area contributed by atoms with Crippen molar-refractivity contribution < 1.29 is 9.47 Å². The van der Waals surface area contributed by atoms with Crippen molar-refractivity contribution in [1.82, 2.24) is 10.2 Å². The smallest absolute Gasteiger partial charge is 0.194 e. The lowest BCUT2D eigenvalue weighted by molar-refractivity contribution is 0.114. The second kappa shape index (κ2) is 11.7. The van der Waals surface area contributed by atoms with Gasteiger partial charge in [-0.1, -0.05) is 18.2 Å². The third-order valence-electron chi connectivity index (χ3n) is 4.27. The summed E-state index contributed by atoms with van der Waals surface area (Å²) in [6.07, 6.45) is 1.16. The second-order valence-corrected chi connectivity index (χ2v) is 7.75. The Hall–Kier alpha value is -1.02. The average Bonchev–Trinajstić information content (AvgIpc) is 3.05. The van der Waals surface area contributed by atoms with E-state index in [0.29, 0.717) is 12.5 Å². The number of ether oxygens (including phenoxy) is 2. The highest BCUT2D eigenvalue weighted by Gasteiger charge is 2.25. The van der Waals surface area contributed by atoms with E-state index < -0.39 is 0 Å². The Balaban J connectivity index is 0.00000364. The number of para-hydroxylation sites is 1. The molecule has 0 radical (unpaired) electrons. The first-order chi connectivity index (χ1) is 12.4. The van der Waals surface area contributed by atoms with E-state index in [1.807, 2.05) is 18.2 Å². The number of halogens is 1. The van der Waals surface area contributed by atoms with Gasteiger partial charge in [0.25, 0.3) is 0 Å². The van der Waals surface area contributed by atoms with E-state index >= 15 is 0 Å². The number of nitrogens with one attached hydrogen (secondary N) is 1. The fourth-order valence-corrected chi connectivity index (χ4v) is 3.10. The van der Waals surface area contributed by atoms with Gasteiger partial charge in [0.05, 0.1) is 13.2 Å². The molecule has 1 unspecified atom stereocenters. The Labute approximate surface area is 181 Å². The van der Waals surface area contributed by atoms with Crippen molar-refractivity contribution in [2.45, 2.75) is 53.2 Å². The standard InChI is InChI=1S/C21H35N3O2.HI/c1-6-22-20(24-13-12-17(15-24)16-25-7-2)23-14-18-10-8-9-11-19(18)26-21(3,4)5;/h8-11,17H,6-7,12-16H2,1-5H3,(H,22,23);1H. The van der Waals surface area contributed by atoms with Crippen molar-refractivity contribution in [2.24, 2.45) is 10.9 Å². The monoisotopic (exact) mass is 489 g/mol. The highest BCUT2D eigenvalue weighted by Crippen LogP contribution is 2.24. The molecule has 27 heavy (non-hydrogen) atoms. The summed E-state index contributed by atoms with van der Waals surface area (Å²) in [4.78, 5) is 7.23. The Morgan fingerprint density at radius 1 is 1.26 bits per heavy atom. The molecule has 0 saturated carbocycles. The van der Waals surface area contributed by atoms with Crippen molar-refractivity contribution in [2.75, 3.05) is 32.8 Å². The first kappa shape index (κ1) is 24.0. The van der Waals surface area contributed by atoms with Gasteiger partial charge in [0.2, 0.25) is 0 Å². The molecule has 0 aliphatic carbocycles. The van der Waals surface area contributed by atoms with E-state index in [9.17, 15) is 0 Å². The van der Waals surface area contributed by atoms with Gasteiger partial charge in [-0.15, -0.1) is 24.0 Å². The Morgan fingerprint density at radius 2 is 2.00 bits per heavy atom. The van der Waals surface area contributed by atoms with E-state index in [2.05, 4.69) is 50.9 Å². The maximum Gasteiger partial charge on any atom is 0.194 e. The summed E-state index contributed by atoms with van der Waals surface area (Å²) in [6.45, 7) is 15.5. The molecule has 0 aromatic heterocycles.